The van der Waals surface area contributed by atoms with Crippen LogP contribution in [0.25, 0.3) is 0 Å². The molecule has 1 atom stereocenters. The molecule has 0 aliphatic rings. The summed E-state index contributed by atoms with van der Waals surface area (Å²) >= 11 is 0. The zero-order valence-electron chi connectivity index (χ0n) is 14.9. The van der Waals surface area contributed by atoms with Crippen molar-refractivity contribution in [2.24, 2.45) is 5.92 Å². The van der Waals surface area contributed by atoms with E-state index in [9.17, 15) is 8.42 Å². The number of benzene rings is 1. The van der Waals surface area contributed by atoms with Gasteiger partial charge in [0.2, 0.25) is 10.0 Å². The van der Waals surface area contributed by atoms with Crippen molar-refractivity contribution in [2.45, 2.75) is 52.0 Å². The normalized spacial score (nSPS) is 12.8. The summed E-state index contributed by atoms with van der Waals surface area (Å²) in [6, 6.07) is 1.57. The predicted octanol–water partition coefficient (Wildman–Crippen LogP) is 3.65. The molecule has 0 saturated carbocycles. The van der Waals surface area contributed by atoms with Crippen molar-refractivity contribution in [3.05, 3.63) is 41.1 Å². The number of sulfonamides is 1. The van der Waals surface area contributed by atoms with Crippen LogP contribution in [-0.2, 0) is 10.0 Å². The predicted molar refractivity (Wildman–Crippen MR) is 94.5 cm³/mol. The summed E-state index contributed by atoms with van der Waals surface area (Å²) in [7, 11) is -2.03. The minimum atomic E-state index is -3.62. The maximum atomic E-state index is 12.9. The molecule has 0 aromatic heterocycles. The maximum Gasteiger partial charge on any atom is 0.241 e. The topological polar surface area (TPSA) is 55.4 Å². The Bertz CT molecular complexity index is 714. The van der Waals surface area contributed by atoms with Crippen LogP contribution < -0.4 is 9.46 Å². The summed E-state index contributed by atoms with van der Waals surface area (Å²) in [4.78, 5) is 0.337. The summed E-state index contributed by atoms with van der Waals surface area (Å²) in [5.74, 6) is 0.864. The fourth-order valence-electron chi connectivity index (χ4n) is 2.57. The molecule has 1 aromatic rings. The lowest BCUT2D eigenvalue weighted by molar-refractivity contribution is 0.410. The molecule has 0 saturated heterocycles. The van der Waals surface area contributed by atoms with E-state index in [1.807, 2.05) is 27.7 Å². The van der Waals surface area contributed by atoms with Gasteiger partial charge in [0.05, 0.1) is 12.0 Å². The molecular formula is C18H27NO3S. The lowest BCUT2D eigenvalue weighted by Gasteiger charge is -2.23. The smallest absolute Gasteiger partial charge is 0.241 e. The summed E-state index contributed by atoms with van der Waals surface area (Å²) in [6.45, 7) is 13.0. The zero-order valence-corrected chi connectivity index (χ0v) is 15.7. The van der Waals surface area contributed by atoms with E-state index in [0.29, 0.717) is 22.6 Å². The van der Waals surface area contributed by atoms with Crippen molar-refractivity contribution in [1.29, 1.82) is 0 Å². The van der Waals surface area contributed by atoms with Gasteiger partial charge >= 0.3 is 0 Å². The molecule has 1 aromatic carbocycles. The van der Waals surface area contributed by atoms with Gasteiger partial charge in [0.1, 0.15) is 5.75 Å². The molecule has 1 rings (SSSR count). The molecular weight excluding hydrogens is 310 g/mol. The van der Waals surface area contributed by atoms with Gasteiger partial charge < -0.3 is 4.74 Å². The van der Waals surface area contributed by atoms with Gasteiger partial charge in [-0.05, 0) is 61.9 Å². The average Bonchev–Trinajstić information content (AvgIpc) is 2.46. The molecule has 0 heterocycles. The van der Waals surface area contributed by atoms with Crippen LogP contribution in [0.1, 0.15) is 37.0 Å². The average molecular weight is 337 g/mol. The van der Waals surface area contributed by atoms with Crippen LogP contribution in [0.15, 0.2) is 29.3 Å². The van der Waals surface area contributed by atoms with Gasteiger partial charge in [0.25, 0.3) is 0 Å². The first-order valence-electron chi connectivity index (χ1n) is 7.67. The van der Waals surface area contributed by atoms with Crippen molar-refractivity contribution >= 4 is 10.0 Å². The van der Waals surface area contributed by atoms with E-state index in [2.05, 4.69) is 17.0 Å². The first-order chi connectivity index (χ1) is 10.7. The van der Waals surface area contributed by atoms with Crippen LogP contribution in [0.4, 0.5) is 0 Å². The Morgan fingerprint density at radius 2 is 1.91 bits per heavy atom. The SMILES string of the molecule is C=C=CCC(NS(=O)(=O)c1c(C)cc(OC)c(C)c1C)C(C)C. The minimum Gasteiger partial charge on any atom is -0.496 e. The Hall–Kier alpha value is -1.55. The molecule has 4 nitrogen and oxygen atoms in total. The third kappa shape index (κ3) is 4.47. The molecule has 128 valence electrons. The van der Waals surface area contributed by atoms with Gasteiger partial charge in [0.15, 0.2) is 0 Å². The van der Waals surface area contributed by atoms with Crippen LogP contribution in [0.2, 0.25) is 0 Å². The lowest BCUT2D eigenvalue weighted by atomic mass is 10.0. The molecule has 5 heteroatoms. The van der Waals surface area contributed by atoms with Crippen LogP contribution >= 0.6 is 0 Å². The summed E-state index contributed by atoms with van der Waals surface area (Å²) in [5.41, 5.74) is 4.94. The number of hydrogen-bond donors (Lipinski definition) is 1. The Balaban J connectivity index is 3.33. The molecule has 0 amide bonds. The highest BCUT2D eigenvalue weighted by Crippen LogP contribution is 2.30. The Morgan fingerprint density at radius 1 is 1.30 bits per heavy atom. The molecule has 0 bridgehead atoms. The van der Waals surface area contributed by atoms with Crippen molar-refractivity contribution in [2.75, 3.05) is 7.11 Å². The number of hydrogen-bond acceptors (Lipinski definition) is 3. The van der Waals surface area contributed by atoms with Crippen molar-refractivity contribution in [3.8, 4) is 5.75 Å². The van der Waals surface area contributed by atoms with Crippen LogP contribution in [-0.4, -0.2) is 21.6 Å². The third-order valence-corrected chi connectivity index (χ3v) is 5.87. The zero-order chi connectivity index (χ0) is 17.8. The first-order valence-corrected chi connectivity index (χ1v) is 9.15. The van der Waals surface area contributed by atoms with Crippen molar-refractivity contribution in [1.82, 2.24) is 4.72 Å². The molecule has 1 unspecified atom stereocenters. The molecule has 0 radical (unpaired) electrons. The molecule has 0 aliphatic heterocycles. The van der Waals surface area contributed by atoms with Gasteiger partial charge in [-0.15, -0.1) is 5.73 Å². The highest BCUT2D eigenvalue weighted by atomic mass is 32.2. The highest BCUT2D eigenvalue weighted by Gasteiger charge is 2.26. The van der Waals surface area contributed by atoms with Crippen molar-refractivity contribution < 1.29 is 13.2 Å². The lowest BCUT2D eigenvalue weighted by Crippen LogP contribution is -2.38. The molecule has 1 N–H and O–H groups in total. The van der Waals surface area contributed by atoms with Gasteiger partial charge in [-0.25, -0.2) is 13.1 Å². The summed E-state index contributed by atoms with van der Waals surface area (Å²) in [6.07, 6.45) is 2.32. The monoisotopic (exact) mass is 337 g/mol. The third-order valence-electron chi connectivity index (χ3n) is 4.09. The molecule has 23 heavy (non-hydrogen) atoms. The standard InChI is InChI=1S/C18H27NO3S/c1-8-9-10-16(12(2)3)19-23(20,21)18-13(4)11-17(22-7)14(5)15(18)6/h9,11-12,16,19H,1,10H2,2-7H3. The second kappa shape index (κ2) is 7.82. The van der Waals surface area contributed by atoms with Crippen LogP contribution in [0, 0.1) is 26.7 Å². The number of ether oxygens (including phenoxy) is 1. The second-order valence-electron chi connectivity index (χ2n) is 6.09. The van der Waals surface area contributed by atoms with E-state index in [-0.39, 0.29) is 12.0 Å². The van der Waals surface area contributed by atoms with Crippen LogP contribution in [0.5, 0.6) is 5.75 Å². The largest absolute Gasteiger partial charge is 0.496 e. The first kappa shape index (κ1) is 19.5. The quantitative estimate of drug-likeness (QED) is 0.773. The summed E-state index contributed by atoms with van der Waals surface area (Å²) < 4.78 is 33.9. The Morgan fingerprint density at radius 3 is 2.39 bits per heavy atom. The highest BCUT2D eigenvalue weighted by molar-refractivity contribution is 7.89. The second-order valence-corrected chi connectivity index (χ2v) is 7.74. The van der Waals surface area contributed by atoms with E-state index in [1.54, 1.807) is 26.2 Å². The van der Waals surface area contributed by atoms with Gasteiger partial charge in [-0.1, -0.05) is 20.4 Å². The molecule has 0 spiro atoms. The Labute approximate surface area is 140 Å². The number of nitrogens with one attached hydrogen (secondary N) is 1. The number of rotatable bonds is 7. The van der Waals surface area contributed by atoms with Crippen molar-refractivity contribution in [3.63, 3.8) is 0 Å². The van der Waals surface area contributed by atoms with E-state index < -0.39 is 10.0 Å². The van der Waals surface area contributed by atoms with E-state index in [0.717, 1.165) is 11.1 Å². The Kier molecular flexibility index (Phi) is 6.63. The van der Waals surface area contributed by atoms with Gasteiger partial charge in [-0.3, -0.25) is 0 Å². The maximum absolute atomic E-state index is 12.9. The number of aryl methyl sites for hydroxylation is 1. The van der Waals surface area contributed by atoms with Crippen LogP contribution in [0.3, 0.4) is 0 Å². The van der Waals surface area contributed by atoms with E-state index in [4.69, 9.17) is 4.74 Å². The fraction of sp³-hybridized carbons (Fsp3) is 0.500. The van der Waals surface area contributed by atoms with E-state index >= 15 is 0 Å². The fourth-order valence-corrected chi connectivity index (χ4v) is 4.50. The van der Waals surface area contributed by atoms with E-state index in [1.165, 1.54) is 0 Å². The van der Waals surface area contributed by atoms with Gasteiger partial charge in [0, 0.05) is 6.04 Å². The molecule has 0 fully saturated rings. The molecule has 0 aliphatic carbocycles. The van der Waals surface area contributed by atoms with Gasteiger partial charge in [-0.2, -0.15) is 0 Å². The summed E-state index contributed by atoms with van der Waals surface area (Å²) in [5, 5.41) is 0. The minimum absolute atomic E-state index is 0.161. The number of methoxy groups -OCH3 is 1.